The van der Waals surface area contributed by atoms with Gasteiger partial charge in [-0.3, -0.25) is 19.4 Å². The Morgan fingerprint density at radius 3 is 2.89 bits per heavy atom. The Morgan fingerprint density at radius 2 is 2.21 bits per heavy atom. The average Bonchev–Trinajstić information content (AvgIpc) is 2.38. The zero-order chi connectivity index (χ0) is 14.0. The largest absolute Gasteiger partial charge is 0.398 e. The number of H-pyrrole nitrogens is 1. The summed E-state index contributed by atoms with van der Waals surface area (Å²) in [5.41, 5.74) is 4.72. The van der Waals surface area contributed by atoms with E-state index in [0.717, 1.165) is 11.8 Å². The van der Waals surface area contributed by atoms with Crippen molar-refractivity contribution in [2.24, 2.45) is 7.05 Å². The van der Waals surface area contributed by atoms with Crippen LogP contribution < -0.4 is 16.9 Å². The number of hydrogen-bond donors (Lipinski definition) is 2. The van der Waals surface area contributed by atoms with Gasteiger partial charge in [-0.1, -0.05) is 11.8 Å². The molecule has 0 radical (unpaired) electrons. The van der Waals surface area contributed by atoms with E-state index in [4.69, 9.17) is 11.0 Å². The number of aromatic amines is 1. The van der Waals surface area contributed by atoms with E-state index in [1.807, 2.05) is 6.07 Å². The molecule has 0 saturated heterocycles. The number of nitrogens with two attached hydrogens (primary N) is 1. The van der Waals surface area contributed by atoms with Crippen LogP contribution >= 0.6 is 11.8 Å². The summed E-state index contributed by atoms with van der Waals surface area (Å²) in [5, 5.41) is 11.5. The lowest BCUT2D eigenvalue weighted by Crippen LogP contribution is -2.33. The van der Waals surface area contributed by atoms with E-state index in [2.05, 4.69) is 10.1 Å². The van der Waals surface area contributed by atoms with E-state index in [1.165, 1.54) is 4.68 Å². The van der Waals surface area contributed by atoms with Crippen LogP contribution in [0, 0.1) is 11.3 Å². The van der Waals surface area contributed by atoms with E-state index in [0.29, 0.717) is 21.3 Å². The minimum absolute atomic E-state index is 0.318. The SMILES string of the molecule is Cn1[nH]c(=O)c(=O)nc1Sc1ccc(N)c(C#N)c1. The second-order valence-corrected chi connectivity index (χ2v) is 4.70. The quantitative estimate of drug-likeness (QED) is 0.591. The van der Waals surface area contributed by atoms with Crippen molar-refractivity contribution in [2.75, 3.05) is 5.73 Å². The van der Waals surface area contributed by atoms with Crippen molar-refractivity contribution >= 4 is 17.4 Å². The maximum atomic E-state index is 11.2. The molecule has 1 aromatic carbocycles. The number of aryl methyl sites for hydroxylation is 1. The van der Waals surface area contributed by atoms with E-state index in [9.17, 15) is 9.59 Å². The van der Waals surface area contributed by atoms with Crippen molar-refractivity contribution in [2.45, 2.75) is 10.1 Å². The molecule has 1 heterocycles. The molecular formula is C11H9N5O2S. The third kappa shape index (κ3) is 2.66. The number of rotatable bonds is 2. The predicted octanol–water partition coefficient (Wildman–Crippen LogP) is 0.0737. The summed E-state index contributed by atoms with van der Waals surface area (Å²) in [6, 6.07) is 6.87. The van der Waals surface area contributed by atoms with Gasteiger partial charge < -0.3 is 5.73 Å². The minimum atomic E-state index is -0.850. The van der Waals surface area contributed by atoms with Crippen molar-refractivity contribution in [3.05, 3.63) is 44.5 Å². The summed E-state index contributed by atoms with van der Waals surface area (Å²) in [7, 11) is 1.57. The molecule has 19 heavy (non-hydrogen) atoms. The molecule has 2 rings (SSSR count). The lowest BCUT2D eigenvalue weighted by Gasteiger charge is -2.06. The summed E-state index contributed by atoms with van der Waals surface area (Å²) >= 11 is 1.15. The van der Waals surface area contributed by atoms with Gasteiger partial charge in [-0.05, 0) is 18.2 Å². The lowest BCUT2D eigenvalue weighted by atomic mass is 10.2. The smallest absolute Gasteiger partial charge is 0.339 e. The molecule has 0 spiro atoms. The number of nitrogen functional groups attached to an aromatic ring is 1. The molecule has 0 bridgehead atoms. The van der Waals surface area contributed by atoms with Crippen molar-refractivity contribution in [1.29, 1.82) is 5.26 Å². The first-order valence-corrected chi connectivity index (χ1v) is 5.97. The molecule has 0 fully saturated rings. The highest BCUT2D eigenvalue weighted by Crippen LogP contribution is 2.26. The average molecular weight is 275 g/mol. The van der Waals surface area contributed by atoms with Crippen molar-refractivity contribution < 1.29 is 0 Å². The van der Waals surface area contributed by atoms with Crippen LogP contribution in [0.25, 0.3) is 0 Å². The van der Waals surface area contributed by atoms with Gasteiger partial charge in [0.25, 0.3) is 0 Å². The molecule has 96 valence electrons. The molecule has 1 aromatic heterocycles. The number of nitrogens with one attached hydrogen (secondary N) is 1. The van der Waals surface area contributed by atoms with Crippen LogP contribution in [0.3, 0.4) is 0 Å². The molecular weight excluding hydrogens is 266 g/mol. The molecule has 7 nitrogen and oxygen atoms in total. The van der Waals surface area contributed by atoms with Crippen LogP contribution in [0.1, 0.15) is 5.56 Å². The molecule has 8 heteroatoms. The Balaban J connectivity index is 2.42. The number of hydrogen-bond acceptors (Lipinski definition) is 6. The Bertz CT molecular complexity index is 787. The third-order valence-electron chi connectivity index (χ3n) is 2.30. The molecule has 0 aliphatic rings. The van der Waals surface area contributed by atoms with Crippen molar-refractivity contribution in [3.8, 4) is 6.07 Å². The molecule has 0 saturated carbocycles. The summed E-state index contributed by atoms with van der Waals surface area (Å²) < 4.78 is 1.34. The highest BCUT2D eigenvalue weighted by molar-refractivity contribution is 7.99. The Labute approximate surface area is 111 Å². The lowest BCUT2D eigenvalue weighted by molar-refractivity contribution is 0.596. The van der Waals surface area contributed by atoms with Crippen LogP contribution in [-0.4, -0.2) is 14.8 Å². The fraction of sp³-hybridized carbons (Fsp3) is 0.0909. The van der Waals surface area contributed by atoms with Gasteiger partial charge in [0.05, 0.1) is 5.56 Å². The molecule has 0 atom stereocenters. The number of anilines is 1. The molecule has 0 amide bonds. The first-order valence-electron chi connectivity index (χ1n) is 5.16. The number of nitrogens with zero attached hydrogens (tertiary/aromatic N) is 3. The van der Waals surface area contributed by atoms with Gasteiger partial charge in [-0.15, -0.1) is 0 Å². The summed E-state index contributed by atoms with van der Waals surface area (Å²) in [6.07, 6.45) is 0. The topological polar surface area (TPSA) is 118 Å². The highest BCUT2D eigenvalue weighted by atomic mass is 32.2. The molecule has 0 aliphatic carbocycles. The standard InChI is InChI=1S/C11H9N5O2S/c1-16-11(14-9(17)10(18)15-16)19-7-2-3-8(13)6(4-7)5-12/h2-4H,13H2,1H3,(H,15,18). The Kier molecular flexibility index (Phi) is 3.39. The zero-order valence-electron chi connectivity index (χ0n) is 9.88. The van der Waals surface area contributed by atoms with Gasteiger partial charge in [0.15, 0.2) is 5.16 Å². The monoisotopic (exact) mass is 275 g/mol. The maximum absolute atomic E-state index is 11.2. The molecule has 3 N–H and O–H groups in total. The molecule has 0 aliphatic heterocycles. The highest BCUT2D eigenvalue weighted by Gasteiger charge is 2.07. The Hall–Kier alpha value is -2.53. The van der Waals surface area contributed by atoms with Gasteiger partial charge in [-0.2, -0.15) is 10.2 Å². The van der Waals surface area contributed by atoms with E-state index >= 15 is 0 Å². The molecule has 2 aromatic rings. The first kappa shape index (κ1) is 12.9. The zero-order valence-corrected chi connectivity index (χ0v) is 10.7. The van der Waals surface area contributed by atoms with Crippen LogP contribution in [0.15, 0.2) is 37.8 Å². The first-order chi connectivity index (χ1) is 9.01. The van der Waals surface area contributed by atoms with Gasteiger partial charge in [0.1, 0.15) is 6.07 Å². The van der Waals surface area contributed by atoms with Crippen LogP contribution in [0.2, 0.25) is 0 Å². The van der Waals surface area contributed by atoms with Crippen LogP contribution in [-0.2, 0) is 7.05 Å². The van der Waals surface area contributed by atoms with Gasteiger partial charge in [0.2, 0.25) is 0 Å². The van der Waals surface area contributed by atoms with Crippen LogP contribution in [0.5, 0.6) is 0 Å². The Morgan fingerprint density at radius 1 is 1.47 bits per heavy atom. The fourth-order valence-electron chi connectivity index (χ4n) is 1.35. The summed E-state index contributed by atoms with van der Waals surface area (Å²) in [5.74, 6) is 0. The van der Waals surface area contributed by atoms with E-state index < -0.39 is 11.1 Å². The van der Waals surface area contributed by atoms with Gasteiger partial charge >= 0.3 is 11.1 Å². The van der Waals surface area contributed by atoms with Gasteiger partial charge in [0, 0.05) is 17.6 Å². The van der Waals surface area contributed by atoms with E-state index in [-0.39, 0.29) is 0 Å². The normalized spacial score (nSPS) is 10.1. The minimum Gasteiger partial charge on any atom is -0.398 e. The third-order valence-corrected chi connectivity index (χ3v) is 3.34. The van der Waals surface area contributed by atoms with Crippen molar-refractivity contribution in [3.63, 3.8) is 0 Å². The summed E-state index contributed by atoms with van der Waals surface area (Å²) in [4.78, 5) is 26.6. The molecule has 0 unspecified atom stereocenters. The second kappa shape index (κ2) is 4.99. The number of nitriles is 1. The number of aromatic nitrogens is 3. The van der Waals surface area contributed by atoms with E-state index in [1.54, 1.807) is 25.2 Å². The fourth-order valence-corrected chi connectivity index (χ4v) is 2.19. The van der Waals surface area contributed by atoms with Gasteiger partial charge in [-0.25, -0.2) is 0 Å². The summed E-state index contributed by atoms with van der Waals surface area (Å²) in [6.45, 7) is 0. The number of benzene rings is 1. The van der Waals surface area contributed by atoms with Crippen molar-refractivity contribution in [1.82, 2.24) is 14.8 Å². The maximum Gasteiger partial charge on any atom is 0.339 e. The predicted molar refractivity (Wildman–Crippen MR) is 69.8 cm³/mol. The second-order valence-electron chi connectivity index (χ2n) is 3.66. The van der Waals surface area contributed by atoms with Crippen LogP contribution in [0.4, 0.5) is 5.69 Å².